The number of hydrogen-bond acceptors (Lipinski definition) is 5. The second-order valence-corrected chi connectivity index (χ2v) is 10.6. The summed E-state index contributed by atoms with van der Waals surface area (Å²) in [6, 6.07) is 14.1. The predicted octanol–water partition coefficient (Wildman–Crippen LogP) is 5.09. The van der Waals surface area contributed by atoms with Crippen LogP contribution < -0.4 is 20.3 Å². The molecule has 2 aromatic carbocycles. The molecule has 3 heterocycles. The molecule has 36 heavy (non-hydrogen) atoms. The number of anilines is 2. The molecule has 2 aliphatic heterocycles. The van der Waals surface area contributed by atoms with Crippen LogP contribution in [0.2, 0.25) is 0 Å². The number of para-hydroxylation sites is 1. The molecule has 2 N–H and O–H groups in total. The zero-order chi connectivity index (χ0) is 24.9. The summed E-state index contributed by atoms with van der Waals surface area (Å²) in [5.74, 6) is 3.77. The third kappa shape index (κ3) is 5.45. The normalized spacial score (nSPS) is 16.1. The summed E-state index contributed by atoms with van der Waals surface area (Å²) in [4.78, 5) is 18.9. The van der Waals surface area contributed by atoms with Crippen molar-refractivity contribution in [3.8, 4) is 18.1 Å². The molecule has 6 nitrogen and oxygen atoms in total. The maximum absolute atomic E-state index is 12.2. The molecular formula is C29H34N4O2S. The second-order valence-electron chi connectivity index (χ2n) is 9.58. The van der Waals surface area contributed by atoms with Crippen molar-refractivity contribution in [1.29, 1.82) is 0 Å². The summed E-state index contributed by atoms with van der Waals surface area (Å²) in [5, 5.41) is 1.96. The van der Waals surface area contributed by atoms with Crippen molar-refractivity contribution in [3.63, 3.8) is 0 Å². The zero-order valence-electron chi connectivity index (χ0n) is 20.7. The van der Waals surface area contributed by atoms with Gasteiger partial charge in [0.25, 0.3) is 0 Å². The van der Waals surface area contributed by atoms with Gasteiger partial charge in [0.1, 0.15) is 10.8 Å². The van der Waals surface area contributed by atoms with Crippen LogP contribution in [0.25, 0.3) is 10.1 Å². The third-order valence-electron chi connectivity index (χ3n) is 7.15. The van der Waals surface area contributed by atoms with E-state index in [4.69, 9.17) is 16.9 Å². The highest BCUT2D eigenvalue weighted by molar-refractivity contribution is 7.23. The zero-order valence-corrected chi connectivity index (χ0v) is 21.6. The minimum Gasteiger partial charge on any atom is -0.491 e. The Labute approximate surface area is 217 Å². The number of unbranched alkanes of at least 4 members (excludes halogenated alkanes) is 1. The first kappa shape index (κ1) is 24.5. The van der Waals surface area contributed by atoms with E-state index in [1.54, 1.807) is 16.2 Å². The number of rotatable bonds is 7. The number of aryl methyl sites for hydroxylation is 1. The van der Waals surface area contributed by atoms with Gasteiger partial charge in [-0.3, -0.25) is 4.90 Å². The maximum atomic E-state index is 12.2. The van der Waals surface area contributed by atoms with E-state index in [0.717, 1.165) is 97.8 Å². The number of nitrogens with zero attached hydrogens (tertiary/aromatic N) is 3. The molecule has 2 amide bonds. The Kier molecular flexibility index (Phi) is 7.64. The van der Waals surface area contributed by atoms with Crippen LogP contribution in [0.1, 0.15) is 36.8 Å². The van der Waals surface area contributed by atoms with E-state index in [2.05, 4.69) is 33.9 Å². The molecule has 188 valence electrons. The molecule has 0 aliphatic carbocycles. The van der Waals surface area contributed by atoms with Gasteiger partial charge in [-0.25, -0.2) is 4.79 Å². The Morgan fingerprint density at radius 3 is 2.89 bits per heavy atom. The Morgan fingerprint density at radius 1 is 1.11 bits per heavy atom. The van der Waals surface area contributed by atoms with Gasteiger partial charge in [0.2, 0.25) is 0 Å². The largest absolute Gasteiger partial charge is 0.491 e. The lowest BCUT2D eigenvalue weighted by molar-refractivity contribution is 0.253. The molecule has 0 radical (unpaired) electrons. The van der Waals surface area contributed by atoms with E-state index in [9.17, 15) is 4.79 Å². The number of thiophene rings is 1. The number of amides is 2. The number of primary amides is 1. The fourth-order valence-corrected chi connectivity index (χ4v) is 6.36. The lowest BCUT2D eigenvalue weighted by Crippen LogP contribution is -2.36. The van der Waals surface area contributed by atoms with Gasteiger partial charge >= 0.3 is 6.03 Å². The van der Waals surface area contributed by atoms with Gasteiger partial charge in [-0.15, -0.1) is 17.8 Å². The summed E-state index contributed by atoms with van der Waals surface area (Å²) >= 11 is 1.56. The summed E-state index contributed by atoms with van der Waals surface area (Å²) in [6.45, 7) is 6.67. The minimum absolute atomic E-state index is 0.405. The number of carbonyl (C=O) groups excluding carboxylic acids is 1. The van der Waals surface area contributed by atoms with Crippen LogP contribution in [0, 0.1) is 12.3 Å². The molecule has 0 atom stereocenters. The van der Waals surface area contributed by atoms with Crippen molar-refractivity contribution in [2.75, 3.05) is 55.7 Å². The second kappa shape index (κ2) is 11.2. The Morgan fingerprint density at radius 2 is 2.03 bits per heavy atom. The van der Waals surface area contributed by atoms with E-state index in [1.165, 1.54) is 11.3 Å². The number of ether oxygens (including phenoxy) is 1. The Bertz CT molecular complexity index is 1260. The van der Waals surface area contributed by atoms with Gasteiger partial charge < -0.3 is 20.3 Å². The third-order valence-corrected chi connectivity index (χ3v) is 8.27. The quantitative estimate of drug-likeness (QED) is 0.361. The predicted molar refractivity (Wildman–Crippen MR) is 149 cm³/mol. The molecule has 3 aromatic rings. The molecule has 1 aromatic heterocycles. The SMILES string of the molecule is C#Cc1ccc2cc(N(CCCCN3CCCN(c4cccc5c4OCCC5)CC3)C(N)=O)sc2c1. The van der Waals surface area contributed by atoms with Crippen LogP contribution in [0.5, 0.6) is 5.75 Å². The van der Waals surface area contributed by atoms with Crippen LogP contribution in [0.4, 0.5) is 15.5 Å². The van der Waals surface area contributed by atoms with E-state index in [-0.39, 0.29) is 0 Å². The average Bonchev–Trinajstić information content (AvgIpc) is 3.17. The first-order chi connectivity index (χ1) is 17.6. The average molecular weight is 503 g/mol. The maximum Gasteiger partial charge on any atom is 0.319 e. The molecule has 1 saturated heterocycles. The monoisotopic (exact) mass is 502 g/mol. The van der Waals surface area contributed by atoms with E-state index >= 15 is 0 Å². The molecule has 0 unspecified atom stereocenters. The van der Waals surface area contributed by atoms with E-state index in [1.807, 2.05) is 24.3 Å². The Balaban J connectivity index is 1.13. The molecule has 0 saturated carbocycles. The van der Waals surface area contributed by atoms with E-state index < -0.39 is 6.03 Å². The lowest BCUT2D eigenvalue weighted by Gasteiger charge is -2.28. The molecule has 0 spiro atoms. The molecule has 7 heteroatoms. The molecule has 2 aliphatic rings. The van der Waals surface area contributed by atoms with Gasteiger partial charge in [-0.05, 0) is 80.4 Å². The topological polar surface area (TPSA) is 62.0 Å². The van der Waals surface area contributed by atoms with Crippen molar-refractivity contribution in [3.05, 3.63) is 53.6 Å². The highest BCUT2D eigenvalue weighted by atomic mass is 32.1. The first-order valence-electron chi connectivity index (χ1n) is 12.9. The van der Waals surface area contributed by atoms with Crippen molar-refractivity contribution in [2.45, 2.75) is 32.1 Å². The highest BCUT2D eigenvalue weighted by Gasteiger charge is 2.22. The number of carbonyl (C=O) groups is 1. The van der Waals surface area contributed by atoms with Crippen LogP contribution in [-0.4, -0.2) is 56.8 Å². The molecule has 0 bridgehead atoms. The fraction of sp³-hybridized carbons (Fsp3) is 0.414. The Hall–Kier alpha value is -3.21. The van der Waals surface area contributed by atoms with Gasteiger partial charge in [0.05, 0.1) is 12.3 Å². The van der Waals surface area contributed by atoms with Gasteiger partial charge in [-0.1, -0.05) is 24.1 Å². The van der Waals surface area contributed by atoms with Gasteiger partial charge in [-0.2, -0.15) is 0 Å². The lowest BCUT2D eigenvalue weighted by atomic mass is 10.0. The summed E-state index contributed by atoms with van der Waals surface area (Å²) < 4.78 is 7.13. The smallest absolute Gasteiger partial charge is 0.319 e. The van der Waals surface area contributed by atoms with Crippen LogP contribution in [0.15, 0.2) is 42.5 Å². The number of benzene rings is 2. The van der Waals surface area contributed by atoms with Crippen molar-refractivity contribution < 1.29 is 9.53 Å². The van der Waals surface area contributed by atoms with Crippen LogP contribution >= 0.6 is 11.3 Å². The summed E-state index contributed by atoms with van der Waals surface area (Å²) in [7, 11) is 0. The first-order valence-corrected chi connectivity index (χ1v) is 13.7. The van der Waals surface area contributed by atoms with Crippen molar-refractivity contribution in [1.82, 2.24) is 4.90 Å². The number of hydrogen-bond donors (Lipinski definition) is 1. The van der Waals surface area contributed by atoms with Gasteiger partial charge in [0.15, 0.2) is 0 Å². The number of fused-ring (bicyclic) bond motifs is 2. The van der Waals surface area contributed by atoms with Gasteiger partial charge in [0, 0.05) is 36.4 Å². The van der Waals surface area contributed by atoms with Crippen molar-refractivity contribution >= 4 is 38.1 Å². The number of nitrogens with two attached hydrogens (primary N) is 1. The number of urea groups is 1. The molecule has 5 rings (SSSR count). The minimum atomic E-state index is -0.405. The summed E-state index contributed by atoms with van der Waals surface area (Å²) in [6.07, 6.45) is 10.8. The molecule has 1 fully saturated rings. The highest BCUT2D eigenvalue weighted by Crippen LogP contribution is 2.36. The van der Waals surface area contributed by atoms with E-state index in [0.29, 0.717) is 6.54 Å². The summed E-state index contributed by atoms with van der Waals surface area (Å²) in [5.41, 5.74) is 9.19. The standard InChI is InChI=1S/C29H34N4O2S/c1-2-22-11-12-24-21-27(36-26(24)20-22)33(29(30)34)16-4-3-13-31-14-7-15-32(18-17-31)25-10-5-8-23-9-6-19-35-28(23)25/h1,5,8,10-12,20-21H,3-4,6-7,9,13-19H2,(H2,30,34). The number of terminal acetylenes is 1. The molecular weight excluding hydrogens is 468 g/mol. The van der Waals surface area contributed by atoms with Crippen LogP contribution in [0.3, 0.4) is 0 Å². The van der Waals surface area contributed by atoms with Crippen LogP contribution in [-0.2, 0) is 6.42 Å². The van der Waals surface area contributed by atoms with Crippen molar-refractivity contribution in [2.24, 2.45) is 5.73 Å². The fourth-order valence-electron chi connectivity index (χ4n) is 5.23.